The molecule has 0 bridgehead atoms. The van der Waals surface area contributed by atoms with Crippen LogP contribution in [0, 0.1) is 0 Å². The molecule has 0 fully saturated rings. The molecule has 0 saturated heterocycles. The molecule has 0 aliphatic heterocycles. The lowest BCUT2D eigenvalue weighted by Crippen LogP contribution is -2.29. The zero-order chi connectivity index (χ0) is 15.7. The van der Waals surface area contributed by atoms with Gasteiger partial charge >= 0.3 is 0 Å². The highest BCUT2D eigenvalue weighted by Crippen LogP contribution is 2.28. The standard InChI is InChI=1S/C15H22N2O3S/c1-3-19-12-6-5-11(9-13(12)20-4-2)7-8-17-15(18)10-14(16)21/h5-6,9H,3-4,7-8,10H2,1-2H3,(H2,16,21)(H,17,18). The molecule has 0 radical (unpaired) electrons. The van der Waals surface area contributed by atoms with Crippen LogP contribution in [0.25, 0.3) is 0 Å². The molecule has 3 N–H and O–H groups in total. The normalized spacial score (nSPS) is 10.0. The third-order valence-corrected chi connectivity index (χ3v) is 2.82. The van der Waals surface area contributed by atoms with Crippen molar-refractivity contribution in [2.24, 2.45) is 5.73 Å². The summed E-state index contributed by atoms with van der Waals surface area (Å²) in [6, 6.07) is 5.79. The van der Waals surface area contributed by atoms with Gasteiger partial charge in [-0.15, -0.1) is 0 Å². The number of amides is 1. The first-order valence-electron chi connectivity index (χ1n) is 7.00. The van der Waals surface area contributed by atoms with Crippen LogP contribution in [0.3, 0.4) is 0 Å². The molecule has 1 rings (SSSR count). The monoisotopic (exact) mass is 310 g/mol. The Hall–Kier alpha value is -1.82. The Morgan fingerprint density at radius 3 is 2.52 bits per heavy atom. The average molecular weight is 310 g/mol. The van der Waals surface area contributed by atoms with Gasteiger partial charge in [0.25, 0.3) is 0 Å². The molecule has 1 aromatic rings. The second-order valence-corrected chi connectivity index (χ2v) is 4.91. The molecule has 0 aromatic heterocycles. The van der Waals surface area contributed by atoms with E-state index in [4.69, 9.17) is 15.2 Å². The summed E-state index contributed by atoms with van der Waals surface area (Å²) in [5.41, 5.74) is 6.38. The molecule has 0 atom stereocenters. The van der Waals surface area contributed by atoms with Crippen LogP contribution in [0.15, 0.2) is 18.2 Å². The fourth-order valence-corrected chi connectivity index (χ4v) is 1.95. The molecule has 21 heavy (non-hydrogen) atoms. The first kappa shape index (κ1) is 17.2. The van der Waals surface area contributed by atoms with E-state index in [2.05, 4.69) is 17.5 Å². The lowest BCUT2D eigenvalue weighted by Gasteiger charge is -2.12. The van der Waals surface area contributed by atoms with Crippen molar-refractivity contribution in [1.29, 1.82) is 0 Å². The summed E-state index contributed by atoms with van der Waals surface area (Å²) in [6.07, 6.45) is 0.790. The van der Waals surface area contributed by atoms with E-state index in [1.165, 1.54) is 0 Å². The SMILES string of the molecule is CCOc1ccc(CCNC(=O)CC(N)=S)cc1OCC. The van der Waals surface area contributed by atoms with Gasteiger partial charge < -0.3 is 20.5 Å². The van der Waals surface area contributed by atoms with E-state index in [0.29, 0.717) is 26.2 Å². The van der Waals surface area contributed by atoms with Gasteiger partial charge in [0.15, 0.2) is 11.5 Å². The molecule has 0 heterocycles. The minimum Gasteiger partial charge on any atom is -0.490 e. The number of carbonyl (C=O) groups excluding carboxylic acids is 1. The van der Waals surface area contributed by atoms with E-state index in [1.54, 1.807) is 0 Å². The van der Waals surface area contributed by atoms with Gasteiger partial charge in [0, 0.05) is 6.54 Å². The molecule has 0 aliphatic rings. The summed E-state index contributed by atoms with van der Waals surface area (Å²) in [6.45, 7) is 5.56. The molecule has 0 unspecified atom stereocenters. The summed E-state index contributed by atoms with van der Waals surface area (Å²) >= 11 is 4.69. The van der Waals surface area contributed by atoms with Crippen LogP contribution in [-0.4, -0.2) is 30.7 Å². The Labute approximate surface area is 130 Å². The van der Waals surface area contributed by atoms with Crippen molar-refractivity contribution in [3.63, 3.8) is 0 Å². The van der Waals surface area contributed by atoms with Crippen LogP contribution in [0.4, 0.5) is 0 Å². The molecule has 0 saturated carbocycles. The van der Waals surface area contributed by atoms with Crippen LogP contribution in [0.1, 0.15) is 25.8 Å². The number of carbonyl (C=O) groups is 1. The smallest absolute Gasteiger partial charge is 0.226 e. The van der Waals surface area contributed by atoms with E-state index < -0.39 is 0 Å². The van der Waals surface area contributed by atoms with E-state index in [1.807, 2.05) is 32.0 Å². The van der Waals surface area contributed by atoms with Crippen LogP contribution in [-0.2, 0) is 11.2 Å². The van der Waals surface area contributed by atoms with Crippen LogP contribution < -0.4 is 20.5 Å². The van der Waals surface area contributed by atoms with Gasteiger partial charge in [0.2, 0.25) is 5.91 Å². The largest absolute Gasteiger partial charge is 0.490 e. The fraction of sp³-hybridized carbons (Fsp3) is 0.467. The maximum absolute atomic E-state index is 11.4. The van der Waals surface area contributed by atoms with Gasteiger partial charge in [0.1, 0.15) is 0 Å². The minimum absolute atomic E-state index is 0.0861. The number of ether oxygens (including phenoxy) is 2. The van der Waals surface area contributed by atoms with Crippen LogP contribution in [0.5, 0.6) is 11.5 Å². The highest BCUT2D eigenvalue weighted by molar-refractivity contribution is 7.80. The lowest BCUT2D eigenvalue weighted by molar-refractivity contribution is -0.119. The number of benzene rings is 1. The molecule has 5 nitrogen and oxygen atoms in total. The highest BCUT2D eigenvalue weighted by Gasteiger charge is 2.07. The second-order valence-electron chi connectivity index (χ2n) is 4.39. The lowest BCUT2D eigenvalue weighted by atomic mass is 10.1. The van der Waals surface area contributed by atoms with Crippen molar-refractivity contribution in [3.8, 4) is 11.5 Å². The summed E-state index contributed by atoms with van der Waals surface area (Å²) in [5, 5.41) is 2.78. The maximum Gasteiger partial charge on any atom is 0.226 e. The number of nitrogens with one attached hydrogen (secondary N) is 1. The van der Waals surface area contributed by atoms with Crippen molar-refractivity contribution in [2.45, 2.75) is 26.7 Å². The molecule has 1 aromatic carbocycles. The Morgan fingerprint density at radius 2 is 1.90 bits per heavy atom. The van der Waals surface area contributed by atoms with Gasteiger partial charge in [0.05, 0.1) is 24.6 Å². The Bertz CT molecular complexity index is 492. The van der Waals surface area contributed by atoms with Gasteiger partial charge in [-0.25, -0.2) is 0 Å². The second kappa shape index (κ2) is 9.18. The predicted molar refractivity (Wildman–Crippen MR) is 86.9 cm³/mol. The van der Waals surface area contributed by atoms with E-state index in [-0.39, 0.29) is 17.3 Å². The summed E-state index contributed by atoms with van der Waals surface area (Å²) in [7, 11) is 0. The van der Waals surface area contributed by atoms with Gasteiger partial charge in [-0.2, -0.15) is 0 Å². The number of thiocarbonyl (C=S) groups is 1. The topological polar surface area (TPSA) is 73.6 Å². The number of hydrogen-bond donors (Lipinski definition) is 2. The Morgan fingerprint density at radius 1 is 1.24 bits per heavy atom. The van der Waals surface area contributed by atoms with Gasteiger partial charge in [-0.3, -0.25) is 4.79 Å². The maximum atomic E-state index is 11.4. The zero-order valence-corrected chi connectivity index (χ0v) is 13.3. The van der Waals surface area contributed by atoms with E-state index >= 15 is 0 Å². The fourth-order valence-electron chi connectivity index (χ4n) is 1.82. The van der Waals surface area contributed by atoms with Crippen molar-refractivity contribution >= 4 is 23.1 Å². The first-order chi connectivity index (χ1) is 10.1. The number of nitrogens with two attached hydrogens (primary N) is 1. The highest BCUT2D eigenvalue weighted by atomic mass is 32.1. The molecule has 6 heteroatoms. The molecule has 1 amide bonds. The summed E-state index contributed by atoms with van der Waals surface area (Å²) in [5.74, 6) is 1.31. The number of hydrogen-bond acceptors (Lipinski definition) is 4. The summed E-state index contributed by atoms with van der Waals surface area (Å²) < 4.78 is 11.1. The Balaban J connectivity index is 2.57. The van der Waals surface area contributed by atoms with Crippen molar-refractivity contribution < 1.29 is 14.3 Å². The zero-order valence-electron chi connectivity index (χ0n) is 12.5. The summed E-state index contributed by atoms with van der Waals surface area (Å²) in [4.78, 5) is 11.6. The number of rotatable bonds is 9. The molecular formula is C15H22N2O3S. The van der Waals surface area contributed by atoms with Gasteiger partial charge in [-0.1, -0.05) is 18.3 Å². The van der Waals surface area contributed by atoms with Crippen molar-refractivity contribution in [2.75, 3.05) is 19.8 Å². The average Bonchev–Trinajstić information content (AvgIpc) is 2.41. The third-order valence-electron chi connectivity index (χ3n) is 2.68. The Kier molecular flexibility index (Phi) is 7.53. The van der Waals surface area contributed by atoms with Crippen LogP contribution >= 0.6 is 12.2 Å². The van der Waals surface area contributed by atoms with Crippen molar-refractivity contribution in [3.05, 3.63) is 23.8 Å². The molecule has 0 spiro atoms. The first-order valence-corrected chi connectivity index (χ1v) is 7.41. The quantitative estimate of drug-likeness (QED) is 0.681. The van der Waals surface area contributed by atoms with E-state index in [0.717, 1.165) is 17.1 Å². The van der Waals surface area contributed by atoms with E-state index in [9.17, 15) is 4.79 Å². The third kappa shape index (κ3) is 6.44. The molecule has 0 aliphatic carbocycles. The molecular weight excluding hydrogens is 288 g/mol. The van der Waals surface area contributed by atoms with Crippen molar-refractivity contribution in [1.82, 2.24) is 5.32 Å². The predicted octanol–water partition coefficient (Wildman–Crippen LogP) is 1.82. The van der Waals surface area contributed by atoms with Crippen LogP contribution in [0.2, 0.25) is 0 Å². The van der Waals surface area contributed by atoms with Gasteiger partial charge in [-0.05, 0) is 38.0 Å². The molecule has 116 valence electrons. The minimum atomic E-state index is -0.154.